The highest BCUT2D eigenvalue weighted by Crippen LogP contribution is 2.15. The largest absolute Gasteiger partial charge is 0.487 e. The van der Waals surface area contributed by atoms with Crippen molar-refractivity contribution >= 4 is 17.6 Å². The van der Waals surface area contributed by atoms with Gasteiger partial charge in [0.15, 0.2) is 0 Å². The van der Waals surface area contributed by atoms with Crippen LogP contribution in [-0.4, -0.2) is 21.2 Å². The third-order valence-corrected chi connectivity index (χ3v) is 4.51. The van der Waals surface area contributed by atoms with Crippen LogP contribution in [0.15, 0.2) is 48.5 Å². The van der Waals surface area contributed by atoms with Crippen LogP contribution >= 0.6 is 11.7 Å². The van der Waals surface area contributed by atoms with E-state index in [1.807, 2.05) is 6.92 Å². The van der Waals surface area contributed by atoms with Gasteiger partial charge in [0.25, 0.3) is 5.91 Å². The van der Waals surface area contributed by atoms with Gasteiger partial charge in [0.1, 0.15) is 23.9 Å². The number of rotatable bonds is 7. The van der Waals surface area contributed by atoms with Crippen molar-refractivity contribution < 1.29 is 13.9 Å². The lowest BCUT2D eigenvalue weighted by Crippen LogP contribution is -2.25. The number of halogens is 1. The zero-order valence-corrected chi connectivity index (χ0v) is 15.1. The number of carbonyl (C=O) groups excluding carboxylic acids is 1. The molecule has 1 heterocycles. The van der Waals surface area contributed by atoms with E-state index in [4.69, 9.17) is 4.74 Å². The Morgan fingerprint density at radius 1 is 1.12 bits per heavy atom. The van der Waals surface area contributed by atoms with E-state index in [-0.39, 0.29) is 11.7 Å². The van der Waals surface area contributed by atoms with Crippen LogP contribution in [0.5, 0.6) is 5.75 Å². The third-order valence-electron chi connectivity index (χ3n) is 3.85. The summed E-state index contributed by atoms with van der Waals surface area (Å²) in [5.41, 5.74) is 3.22. The van der Waals surface area contributed by atoms with E-state index in [0.717, 1.165) is 28.7 Å². The summed E-state index contributed by atoms with van der Waals surface area (Å²) in [5.74, 6) is 0.250. The maximum Gasteiger partial charge on any atom is 0.251 e. The van der Waals surface area contributed by atoms with Crippen molar-refractivity contribution in [2.75, 3.05) is 6.54 Å². The molecule has 0 aliphatic heterocycles. The molecule has 0 bridgehead atoms. The van der Waals surface area contributed by atoms with E-state index < -0.39 is 0 Å². The number of hydrogen-bond donors (Lipinski definition) is 1. The molecule has 134 valence electrons. The fourth-order valence-electron chi connectivity index (χ4n) is 2.31. The molecule has 1 amide bonds. The first-order valence-electron chi connectivity index (χ1n) is 8.15. The average Bonchev–Trinajstić information content (AvgIpc) is 3.07. The number of benzene rings is 2. The number of amides is 1. The lowest BCUT2D eigenvalue weighted by molar-refractivity contribution is 0.0954. The van der Waals surface area contributed by atoms with Gasteiger partial charge in [-0.15, -0.1) is 0 Å². The van der Waals surface area contributed by atoms with Crippen molar-refractivity contribution in [1.82, 2.24) is 14.1 Å². The zero-order valence-electron chi connectivity index (χ0n) is 14.2. The molecule has 0 saturated heterocycles. The predicted octanol–water partition coefficient (Wildman–Crippen LogP) is 3.54. The predicted molar refractivity (Wildman–Crippen MR) is 97.9 cm³/mol. The quantitative estimate of drug-likeness (QED) is 0.690. The number of aryl methyl sites for hydroxylation is 1. The van der Waals surface area contributed by atoms with Crippen LogP contribution in [0.1, 0.15) is 27.3 Å². The van der Waals surface area contributed by atoms with Gasteiger partial charge in [0, 0.05) is 12.1 Å². The molecule has 1 N–H and O–H groups in total. The lowest BCUT2D eigenvalue weighted by atomic mass is 10.1. The first-order chi connectivity index (χ1) is 12.6. The molecule has 3 rings (SSSR count). The van der Waals surface area contributed by atoms with Crippen LogP contribution < -0.4 is 10.1 Å². The van der Waals surface area contributed by atoms with Gasteiger partial charge in [-0.1, -0.05) is 12.1 Å². The summed E-state index contributed by atoms with van der Waals surface area (Å²) in [6.45, 7) is 2.73. The summed E-state index contributed by atoms with van der Waals surface area (Å²) in [5, 5.41) is 2.85. The molecule has 0 atom stereocenters. The van der Waals surface area contributed by atoms with Gasteiger partial charge < -0.3 is 10.1 Å². The summed E-state index contributed by atoms with van der Waals surface area (Å²) in [4.78, 5) is 12.2. The highest BCUT2D eigenvalue weighted by atomic mass is 32.1. The van der Waals surface area contributed by atoms with Crippen LogP contribution in [0.25, 0.3) is 0 Å². The highest BCUT2D eigenvalue weighted by molar-refractivity contribution is 6.99. The minimum atomic E-state index is -0.263. The Kier molecular flexibility index (Phi) is 5.91. The van der Waals surface area contributed by atoms with E-state index in [9.17, 15) is 9.18 Å². The average molecular weight is 371 g/mol. The topological polar surface area (TPSA) is 64.1 Å². The molecule has 0 aliphatic rings. The van der Waals surface area contributed by atoms with Gasteiger partial charge >= 0.3 is 0 Å². The van der Waals surface area contributed by atoms with E-state index in [1.165, 1.54) is 12.1 Å². The van der Waals surface area contributed by atoms with Crippen molar-refractivity contribution in [2.24, 2.45) is 0 Å². The number of hydrogen-bond acceptors (Lipinski definition) is 5. The Hall–Kier alpha value is -2.80. The fraction of sp³-hybridized carbons (Fsp3) is 0.211. The molecular formula is C19H18FN3O2S. The van der Waals surface area contributed by atoms with Crippen LogP contribution in [0, 0.1) is 12.7 Å². The Labute approximate surface area is 155 Å². The van der Waals surface area contributed by atoms with Gasteiger partial charge in [-0.3, -0.25) is 4.79 Å². The van der Waals surface area contributed by atoms with Gasteiger partial charge in [-0.05, 0) is 55.3 Å². The number of nitrogens with one attached hydrogen (secondary N) is 1. The zero-order chi connectivity index (χ0) is 18.4. The fourth-order valence-corrected chi connectivity index (χ4v) is 2.86. The van der Waals surface area contributed by atoms with Crippen molar-refractivity contribution in [3.05, 3.63) is 76.9 Å². The first kappa shape index (κ1) is 18.0. The van der Waals surface area contributed by atoms with Crippen LogP contribution in [0.4, 0.5) is 4.39 Å². The van der Waals surface area contributed by atoms with Crippen LogP contribution in [-0.2, 0) is 13.0 Å². The van der Waals surface area contributed by atoms with Crippen LogP contribution in [0.2, 0.25) is 0 Å². The van der Waals surface area contributed by atoms with Crippen molar-refractivity contribution in [3.63, 3.8) is 0 Å². The summed E-state index contributed by atoms with van der Waals surface area (Å²) < 4.78 is 26.8. The number of aromatic nitrogens is 2. The van der Waals surface area contributed by atoms with Crippen molar-refractivity contribution in [2.45, 2.75) is 20.0 Å². The molecule has 0 saturated carbocycles. The smallest absolute Gasteiger partial charge is 0.251 e. The number of nitrogens with zero attached hydrogens (tertiary/aromatic N) is 2. The second kappa shape index (κ2) is 8.53. The molecule has 5 nitrogen and oxygen atoms in total. The molecule has 2 aromatic carbocycles. The first-order valence-corrected chi connectivity index (χ1v) is 8.88. The molecule has 26 heavy (non-hydrogen) atoms. The van der Waals surface area contributed by atoms with E-state index in [1.54, 1.807) is 36.4 Å². The Morgan fingerprint density at radius 3 is 2.50 bits per heavy atom. The summed E-state index contributed by atoms with van der Waals surface area (Å²) in [7, 11) is 0. The molecule has 7 heteroatoms. The molecule has 0 spiro atoms. The van der Waals surface area contributed by atoms with Gasteiger partial charge in [-0.2, -0.15) is 8.75 Å². The maximum atomic E-state index is 12.9. The molecule has 0 fully saturated rings. The molecule has 1 aromatic heterocycles. The van der Waals surface area contributed by atoms with Gasteiger partial charge in [0.2, 0.25) is 0 Å². The second-order valence-electron chi connectivity index (χ2n) is 5.74. The lowest BCUT2D eigenvalue weighted by Gasteiger charge is -2.08. The SMILES string of the molecule is Cc1nsnc1COc1ccc(C(=O)NCCc2ccc(F)cc2)cc1. The molecule has 3 aromatic rings. The van der Waals surface area contributed by atoms with Crippen molar-refractivity contribution in [3.8, 4) is 5.75 Å². The molecule has 0 unspecified atom stereocenters. The van der Waals surface area contributed by atoms with E-state index in [0.29, 0.717) is 30.9 Å². The van der Waals surface area contributed by atoms with E-state index in [2.05, 4.69) is 14.1 Å². The monoisotopic (exact) mass is 371 g/mol. The maximum absolute atomic E-state index is 12.9. The molecular weight excluding hydrogens is 353 g/mol. The molecule has 0 radical (unpaired) electrons. The summed E-state index contributed by atoms with van der Waals surface area (Å²) >= 11 is 1.16. The minimum Gasteiger partial charge on any atom is -0.487 e. The Morgan fingerprint density at radius 2 is 1.85 bits per heavy atom. The summed E-state index contributed by atoms with van der Waals surface area (Å²) in [6.07, 6.45) is 0.647. The minimum absolute atomic E-state index is 0.154. The Balaban J connectivity index is 1.47. The molecule has 0 aliphatic carbocycles. The second-order valence-corrected chi connectivity index (χ2v) is 6.27. The Bertz CT molecular complexity index is 863. The number of carbonyl (C=O) groups is 1. The third kappa shape index (κ3) is 4.86. The normalized spacial score (nSPS) is 10.5. The summed E-state index contributed by atoms with van der Waals surface area (Å²) in [6, 6.07) is 13.2. The van der Waals surface area contributed by atoms with E-state index >= 15 is 0 Å². The van der Waals surface area contributed by atoms with Gasteiger partial charge in [0.05, 0.1) is 17.4 Å². The highest BCUT2D eigenvalue weighted by Gasteiger charge is 2.07. The van der Waals surface area contributed by atoms with Gasteiger partial charge in [-0.25, -0.2) is 4.39 Å². The number of ether oxygens (including phenoxy) is 1. The van der Waals surface area contributed by atoms with Crippen LogP contribution in [0.3, 0.4) is 0 Å². The standard InChI is InChI=1S/C19H18FN3O2S/c1-13-18(23-26-22-13)12-25-17-8-4-15(5-9-17)19(24)21-11-10-14-2-6-16(20)7-3-14/h2-9H,10-12H2,1H3,(H,21,24). The van der Waals surface area contributed by atoms with Crippen molar-refractivity contribution in [1.29, 1.82) is 0 Å².